The van der Waals surface area contributed by atoms with Gasteiger partial charge in [0.05, 0.1) is 39.9 Å². The Bertz CT molecular complexity index is 980. The van der Waals surface area contributed by atoms with E-state index in [1.54, 1.807) is 6.08 Å². The molecule has 8 nitrogen and oxygen atoms in total. The van der Waals surface area contributed by atoms with Crippen LogP contribution in [0.25, 0.3) is 0 Å². The minimum absolute atomic E-state index is 0.00673. The largest absolute Gasteiger partial charge is 0.756 e. The monoisotopic (exact) mass is 783 g/mol. The molecule has 0 aromatic carbocycles. The maximum atomic E-state index is 12.8. The minimum Gasteiger partial charge on any atom is -0.756 e. The van der Waals surface area contributed by atoms with Gasteiger partial charge in [0.15, 0.2) is 0 Å². The van der Waals surface area contributed by atoms with Gasteiger partial charge in [0.2, 0.25) is 5.91 Å². The van der Waals surface area contributed by atoms with Gasteiger partial charge in [-0.15, -0.1) is 0 Å². The van der Waals surface area contributed by atoms with Gasteiger partial charge in [0.1, 0.15) is 13.2 Å². The third kappa shape index (κ3) is 39.0. The zero-order chi connectivity index (χ0) is 40.0. The van der Waals surface area contributed by atoms with Crippen LogP contribution in [0, 0.1) is 0 Å². The maximum Gasteiger partial charge on any atom is 0.268 e. The van der Waals surface area contributed by atoms with Gasteiger partial charge in [-0.3, -0.25) is 9.36 Å². The number of hydrogen-bond donors (Lipinski definition) is 2. The van der Waals surface area contributed by atoms with Crippen molar-refractivity contribution in [3.05, 3.63) is 36.5 Å². The lowest BCUT2D eigenvalue weighted by atomic mass is 10.0. The van der Waals surface area contributed by atoms with Crippen LogP contribution in [0.2, 0.25) is 0 Å². The van der Waals surface area contributed by atoms with Crippen LogP contribution in [-0.2, 0) is 18.4 Å². The first-order chi connectivity index (χ1) is 26.0. The van der Waals surface area contributed by atoms with Crippen LogP contribution in [0.5, 0.6) is 0 Å². The second kappa shape index (κ2) is 37.3. The molecule has 0 saturated carbocycles. The summed E-state index contributed by atoms with van der Waals surface area (Å²) in [5, 5.41) is 13.6. The number of allylic oxidation sites excluding steroid dienone is 5. The summed E-state index contributed by atoms with van der Waals surface area (Å²) in [6.45, 7) is 4.51. The summed E-state index contributed by atoms with van der Waals surface area (Å²) in [7, 11) is 1.24. The van der Waals surface area contributed by atoms with Crippen LogP contribution in [0.3, 0.4) is 0 Å². The van der Waals surface area contributed by atoms with Gasteiger partial charge in [-0.05, 0) is 51.4 Å². The lowest BCUT2D eigenvalue weighted by Gasteiger charge is -2.29. The number of carbonyl (C=O) groups excluding carboxylic acids is 1. The van der Waals surface area contributed by atoms with E-state index in [-0.39, 0.29) is 12.5 Å². The van der Waals surface area contributed by atoms with Crippen LogP contribution >= 0.6 is 7.82 Å². The second-order valence-corrected chi connectivity index (χ2v) is 17.8. The molecule has 0 rings (SSSR count). The normalized spacial score (nSPS) is 14.7. The zero-order valence-electron chi connectivity index (χ0n) is 35.9. The molecule has 0 spiro atoms. The zero-order valence-corrected chi connectivity index (χ0v) is 36.8. The van der Waals surface area contributed by atoms with E-state index in [9.17, 15) is 19.4 Å². The Kier molecular flexibility index (Phi) is 36.4. The van der Waals surface area contributed by atoms with Crippen molar-refractivity contribution in [1.82, 2.24) is 5.32 Å². The Morgan fingerprint density at radius 2 is 1.07 bits per heavy atom. The van der Waals surface area contributed by atoms with Crippen LogP contribution in [0.4, 0.5) is 0 Å². The van der Waals surface area contributed by atoms with Crippen molar-refractivity contribution in [3.8, 4) is 0 Å². The third-order valence-corrected chi connectivity index (χ3v) is 10.8. The number of aliphatic hydroxyl groups is 1. The molecule has 1 amide bonds. The molecule has 0 aliphatic rings. The van der Waals surface area contributed by atoms with E-state index in [4.69, 9.17) is 9.05 Å². The van der Waals surface area contributed by atoms with Crippen molar-refractivity contribution in [2.45, 2.75) is 206 Å². The quantitative estimate of drug-likeness (QED) is 0.0277. The highest BCUT2D eigenvalue weighted by atomic mass is 31.2. The van der Waals surface area contributed by atoms with E-state index in [1.807, 2.05) is 27.2 Å². The van der Waals surface area contributed by atoms with Crippen LogP contribution in [-0.4, -0.2) is 68.5 Å². The molecule has 0 aromatic rings. The van der Waals surface area contributed by atoms with Gasteiger partial charge >= 0.3 is 0 Å². The molecule has 0 heterocycles. The second-order valence-electron chi connectivity index (χ2n) is 16.4. The number of likely N-dealkylation sites (N-methyl/N-ethyl adjacent to an activating group) is 1. The van der Waals surface area contributed by atoms with Crippen molar-refractivity contribution in [1.29, 1.82) is 0 Å². The standard InChI is InChI=1S/C45H87N2O6P/c1-6-8-10-12-14-15-16-17-18-19-20-21-22-23-24-25-26-27-28-29-30-31-33-35-37-39-45(49)46-43(44(48)38-36-34-32-13-11-9-7-2)42-53-54(50,51)52-41-40-47(3,4)5/h11,13,19-20,36,38,43-44,48H,6-10,12,14-18,21-35,37,39-42H2,1-5H3,(H-,46,49,50,51)/b13-11+,20-19-,38-36+. The van der Waals surface area contributed by atoms with Gasteiger partial charge in [0.25, 0.3) is 7.82 Å². The number of hydrogen-bond acceptors (Lipinski definition) is 6. The van der Waals surface area contributed by atoms with E-state index >= 15 is 0 Å². The Hall–Kier alpha value is -1.28. The number of carbonyl (C=O) groups is 1. The first-order valence-electron chi connectivity index (χ1n) is 22.4. The minimum atomic E-state index is -4.58. The molecular formula is C45H87N2O6P. The third-order valence-electron chi connectivity index (χ3n) is 9.80. The highest BCUT2D eigenvalue weighted by Crippen LogP contribution is 2.38. The Labute approximate surface area is 334 Å². The number of amides is 1. The van der Waals surface area contributed by atoms with E-state index in [0.29, 0.717) is 17.4 Å². The van der Waals surface area contributed by atoms with E-state index < -0.39 is 26.6 Å². The van der Waals surface area contributed by atoms with Gasteiger partial charge < -0.3 is 28.8 Å². The molecular weight excluding hydrogens is 695 g/mol. The smallest absolute Gasteiger partial charge is 0.268 e. The molecule has 318 valence electrons. The van der Waals surface area contributed by atoms with Crippen LogP contribution in [0.15, 0.2) is 36.5 Å². The van der Waals surface area contributed by atoms with E-state index in [1.165, 1.54) is 128 Å². The van der Waals surface area contributed by atoms with Crippen molar-refractivity contribution in [2.75, 3.05) is 40.9 Å². The fourth-order valence-electron chi connectivity index (χ4n) is 6.23. The SMILES string of the molecule is CCC/C=C/CC/C=C/C(O)C(COP(=O)([O-])OCC[N+](C)(C)C)NC(=O)CCCCCCCCCCCCCCC/C=C\CCCCCCCCCC. The summed E-state index contributed by atoms with van der Waals surface area (Å²) in [4.78, 5) is 25.1. The molecule has 3 unspecified atom stereocenters. The molecule has 0 saturated heterocycles. The Morgan fingerprint density at radius 1 is 0.630 bits per heavy atom. The fourth-order valence-corrected chi connectivity index (χ4v) is 6.95. The van der Waals surface area contributed by atoms with E-state index in [2.05, 4.69) is 43.5 Å². The summed E-state index contributed by atoms with van der Waals surface area (Å²) in [6.07, 6.45) is 45.2. The summed E-state index contributed by atoms with van der Waals surface area (Å²) < 4.78 is 23.0. The average molecular weight is 783 g/mol. The first kappa shape index (κ1) is 52.7. The number of nitrogens with zero attached hydrogens (tertiary/aromatic N) is 1. The van der Waals surface area contributed by atoms with Crippen molar-refractivity contribution in [3.63, 3.8) is 0 Å². The van der Waals surface area contributed by atoms with Gasteiger partial charge in [0, 0.05) is 6.42 Å². The lowest BCUT2D eigenvalue weighted by Crippen LogP contribution is -2.45. The molecule has 0 aliphatic carbocycles. The number of phosphoric acid groups is 1. The molecule has 0 bridgehead atoms. The molecule has 0 aliphatic heterocycles. The highest BCUT2D eigenvalue weighted by Gasteiger charge is 2.23. The van der Waals surface area contributed by atoms with Crippen molar-refractivity contribution in [2.24, 2.45) is 0 Å². The lowest BCUT2D eigenvalue weighted by molar-refractivity contribution is -0.870. The van der Waals surface area contributed by atoms with E-state index in [0.717, 1.165) is 44.9 Å². The van der Waals surface area contributed by atoms with Crippen LogP contribution in [0.1, 0.15) is 194 Å². The van der Waals surface area contributed by atoms with Gasteiger partial charge in [-0.1, -0.05) is 172 Å². The van der Waals surface area contributed by atoms with Gasteiger partial charge in [-0.2, -0.15) is 0 Å². The fraction of sp³-hybridized carbons (Fsp3) is 0.844. The number of phosphoric ester groups is 1. The number of aliphatic hydroxyl groups excluding tert-OH is 1. The first-order valence-corrected chi connectivity index (χ1v) is 23.8. The number of rotatable bonds is 40. The Balaban J connectivity index is 4.08. The van der Waals surface area contributed by atoms with Crippen molar-refractivity contribution < 1.29 is 32.9 Å². The number of quaternary nitrogens is 1. The summed E-state index contributed by atoms with van der Waals surface area (Å²) >= 11 is 0. The predicted octanol–water partition coefficient (Wildman–Crippen LogP) is 11.7. The molecule has 0 radical (unpaired) electrons. The average Bonchev–Trinajstić information content (AvgIpc) is 3.12. The predicted molar refractivity (Wildman–Crippen MR) is 228 cm³/mol. The molecule has 3 atom stereocenters. The van der Waals surface area contributed by atoms with Crippen molar-refractivity contribution >= 4 is 13.7 Å². The molecule has 54 heavy (non-hydrogen) atoms. The molecule has 0 aromatic heterocycles. The molecule has 2 N–H and O–H groups in total. The van der Waals surface area contributed by atoms with Crippen LogP contribution < -0.4 is 10.2 Å². The highest BCUT2D eigenvalue weighted by molar-refractivity contribution is 7.45. The summed E-state index contributed by atoms with van der Waals surface area (Å²) in [5.74, 6) is -0.212. The topological polar surface area (TPSA) is 108 Å². The Morgan fingerprint density at radius 3 is 1.57 bits per heavy atom. The number of nitrogens with one attached hydrogen (secondary N) is 1. The van der Waals surface area contributed by atoms with Gasteiger partial charge in [-0.25, -0.2) is 0 Å². The summed E-state index contributed by atoms with van der Waals surface area (Å²) in [6, 6.07) is -0.898. The molecule has 9 heteroatoms. The summed E-state index contributed by atoms with van der Waals surface area (Å²) in [5.41, 5.74) is 0. The molecule has 0 fully saturated rings. The maximum absolute atomic E-state index is 12.8. The number of unbranched alkanes of at least 4 members (excludes halogenated alkanes) is 23.